The third-order valence-corrected chi connectivity index (χ3v) is 8.16. The van der Waals surface area contributed by atoms with E-state index < -0.39 is 0 Å². The van der Waals surface area contributed by atoms with Gasteiger partial charge < -0.3 is 5.32 Å². The van der Waals surface area contributed by atoms with E-state index in [9.17, 15) is 0 Å². The Morgan fingerprint density at radius 1 is 0.553 bits per heavy atom. The van der Waals surface area contributed by atoms with E-state index in [1.165, 1.54) is 55.6 Å². The van der Waals surface area contributed by atoms with Gasteiger partial charge in [-0.25, -0.2) is 0 Å². The second kappa shape index (κ2) is 8.75. The maximum atomic E-state index is 3.66. The molecule has 0 atom stereocenters. The van der Waals surface area contributed by atoms with Gasteiger partial charge in [0.15, 0.2) is 0 Å². The van der Waals surface area contributed by atoms with Crippen LogP contribution in [0.2, 0.25) is 0 Å². The van der Waals surface area contributed by atoms with Crippen LogP contribution in [-0.4, -0.2) is 0 Å². The highest BCUT2D eigenvalue weighted by Crippen LogP contribution is 2.62. The highest BCUT2D eigenvalue weighted by atomic mass is 14.9. The molecule has 38 heavy (non-hydrogen) atoms. The summed E-state index contributed by atoms with van der Waals surface area (Å²) in [5.74, 6) is 0. The lowest BCUT2D eigenvalue weighted by molar-refractivity contribution is 0.794. The Hall–Kier alpha value is -4.62. The largest absolute Gasteiger partial charge is 0.356 e. The van der Waals surface area contributed by atoms with Crippen molar-refractivity contribution in [2.24, 2.45) is 0 Å². The van der Waals surface area contributed by atoms with Crippen LogP contribution < -0.4 is 5.32 Å². The molecule has 5 aromatic rings. The molecule has 2 aliphatic carbocycles. The molecule has 5 aromatic carbocycles. The van der Waals surface area contributed by atoms with E-state index in [4.69, 9.17) is 0 Å². The summed E-state index contributed by atoms with van der Waals surface area (Å²) in [5.41, 5.74) is 15.1. The number of rotatable bonds is 4. The number of anilines is 2. The van der Waals surface area contributed by atoms with Crippen LogP contribution in [0.4, 0.5) is 11.4 Å². The van der Waals surface area contributed by atoms with Crippen molar-refractivity contribution in [3.8, 4) is 22.3 Å². The van der Waals surface area contributed by atoms with Crippen molar-refractivity contribution in [2.45, 2.75) is 19.3 Å². The minimum atomic E-state index is -0.283. The van der Waals surface area contributed by atoms with Crippen molar-refractivity contribution in [3.05, 3.63) is 161 Å². The molecule has 1 N–H and O–H groups in total. The maximum absolute atomic E-state index is 3.66. The molecule has 0 radical (unpaired) electrons. The maximum Gasteiger partial charge on any atom is 0.0725 e. The molecule has 0 heterocycles. The van der Waals surface area contributed by atoms with Crippen molar-refractivity contribution < 1.29 is 0 Å². The molecule has 0 amide bonds. The number of hydrogen-bond acceptors (Lipinski definition) is 1. The van der Waals surface area contributed by atoms with E-state index in [2.05, 4.69) is 153 Å². The van der Waals surface area contributed by atoms with Crippen molar-refractivity contribution >= 4 is 16.9 Å². The van der Waals surface area contributed by atoms with Crippen molar-refractivity contribution in [2.75, 3.05) is 5.32 Å². The number of fused-ring (bicyclic) bond motifs is 10. The zero-order valence-corrected chi connectivity index (χ0v) is 21.7. The van der Waals surface area contributed by atoms with Gasteiger partial charge in [0, 0.05) is 11.4 Å². The van der Waals surface area contributed by atoms with Gasteiger partial charge in [0.25, 0.3) is 0 Å². The SMILES string of the molecule is C/C=C\C(=C/C)c1ccc(Nc2ccc3c(c2)-c2ccccc2C32c3ccccc3-c3ccccc32)cc1. The monoisotopic (exact) mass is 487 g/mol. The van der Waals surface area contributed by atoms with Gasteiger partial charge in [-0.05, 0) is 93.8 Å². The van der Waals surface area contributed by atoms with E-state index in [1.807, 2.05) is 0 Å². The van der Waals surface area contributed by atoms with Crippen LogP contribution >= 0.6 is 0 Å². The fraction of sp³-hybridized carbons (Fsp3) is 0.0811. The average molecular weight is 488 g/mol. The lowest BCUT2D eigenvalue weighted by Gasteiger charge is -2.30. The van der Waals surface area contributed by atoms with Crippen LogP contribution in [0.15, 0.2) is 133 Å². The zero-order chi connectivity index (χ0) is 25.7. The molecule has 1 spiro atoms. The summed E-state index contributed by atoms with van der Waals surface area (Å²) in [6, 6.07) is 42.4. The molecular weight excluding hydrogens is 458 g/mol. The predicted molar refractivity (Wildman–Crippen MR) is 161 cm³/mol. The molecule has 0 saturated carbocycles. The van der Waals surface area contributed by atoms with Gasteiger partial charge in [-0.1, -0.05) is 109 Å². The molecule has 1 nitrogen and oxygen atoms in total. The van der Waals surface area contributed by atoms with Gasteiger partial charge in [-0.3, -0.25) is 0 Å². The van der Waals surface area contributed by atoms with Gasteiger partial charge in [0.05, 0.1) is 5.41 Å². The third kappa shape index (κ3) is 3.12. The van der Waals surface area contributed by atoms with Gasteiger partial charge in [0.2, 0.25) is 0 Å². The molecule has 0 aliphatic heterocycles. The topological polar surface area (TPSA) is 12.0 Å². The van der Waals surface area contributed by atoms with Gasteiger partial charge >= 0.3 is 0 Å². The van der Waals surface area contributed by atoms with Crippen LogP contribution in [0.25, 0.3) is 27.8 Å². The molecule has 0 unspecified atom stereocenters. The Labute approximate surface area is 224 Å². The first kappa shape index (κ1) is 22.6. The van der Waals surface area contributed by atoms with Crippen molar-refractivity contribution in [3.63, 3.8) is 0 Å². The van der Waals surface area contributed by atoms with Crippen LogP contribution in [0.1, 0.15) is 41.7 Å². The number of benzene rings is 5. The second-order valence-corrected chi connectivity index (χ2v) is 10.1. The fourth-order valence-electron chi connectivity index (χ4n) is 6.63. The highest BCUT2D eigenvalue weighted by molar-refractivity contribution is 5.95. The molecule has 0 saturated heterocycles. The summed E-state index contributed by atoms with van der Waals surface area (Å²) < 4.78 is 0. The zero-order valence-electron chi connectivity index (χ0n) is 21.7. The highest BCUT2D eigenvalue weighted by Gasteiger charge is 2.51. The Morgan fingerprint density at radius 3 is 1.61 bits per heavy atom. The smallest absolute Gasteiger partial charge is 0.0725 e. The molecular formula is C37H29N. The second-order valence-electron chi connectivity index (χ2n) is 10.1. The summed E-state index contributed by atoms with van der Waals surface area (Å²) in [5, 5.41) is 3.66. The van der Waals surface area contributed by atoms with E-state index in [0.717, 1.165) is 11.4 Å². The summed E-state index contributed by atoms with van der Waals surface area (Å²) in [6.07, 6.45) is 6.38. The van der Waals surface area contributed by atoms with Crippen molar-refractivity contribution in [1.82, 2.24) is 0 Å². The molecule has 7 rings (SSSR count). The first-order valence-electron chi connectivity index (χ1n) is 13.4. The molecule has 0 bridgehead atoms. The van der Waals surface area contributed by atoms with Crippen LogP contribution in [-0.2, 0) is 5.41 Å². The van der Waals surface area contributed by atoms with Crippen LogP contribution in [0.3, 0.4) is 0 Å². The molecule has 182 valence electrons. The number of nitrogens with one attached hydrogen (secondary N) is 1. The van der Waals surface area contributed by atoms with Gasteiger partial charge in [0.1, 0.15) is 0 Å². The van der Waals surface area contributed by atoms with Crippen molar-refractivity contribution in [1.29, 1.82) is 0 Å². The Morgan fingerprint density at radius 2 is 1.05 bits per heavy atom. The normalized spacial score (nSPS) is 14.3. The van der Waals surface area contributed by atoms with E-state index in [1.54, 1.807) is 0 Å². The standard InChI is InChI=1S/C37H29N/c1-3-11-25(4-2)26-18-20-27(21-19-26)38-28-22-23-36-32(24-28)31-14-7-10-17-35(31)37(36)33-15-8-5-12-29(33)30-13-6-9-16-34(30)37/h3-24,38H,1-2H3/b11-3-,25-4+. The quantitative estimate of drug-likeness (QED) is 0.244. The molecule has 1 heteroatoms. The Balaban J connectivity index is 1.35. The minimum absolute atomic E-state index is 0.283. The molecule has 0 aromatic heterocycles. The number of allylic oxidation sites excluding steroid dienone is 4. The first-order chi connectivity index (χ1) is 18.8. The van der Waals surface area contributed by atoms with E-state index in [-0.39, 0.29) is 5.41 Å². The third-order valence-electron chi connectivity index (χ3n) is 8.16. The Kier molecular flexibility index (Phi) is 5.19. The summed E-state index contributed by atoms with van der Waals surface area (Å²) in [4.78, 5) is 0. The minimum Gasteiger partial charge on any atom is -0.356 e. The van der Waals surface area contributed by atoms with E-state index in [0.29, 0.717) is 0 Å². The van der Waals surface area contributed by atoms with Crippen LogP contribution in [0, 0.1) is 0 Å². The number of hydrogen-bond donors (Lipinski definition) is 1. The predicted octanol–water partition coefficient (Wildman–Crippen LogP) is 9.75. The van der Waals surface area contributed by atoms with Gasteiger partial charge in [-0.2, -0.15) is 0 Å². The first-order valence-corrected chi connectivity index (χ1v) is 13.4. The molecule has 0 fully saturated rings. The lowest BCUT2D eigenvalue weighted by Crippen LogP contribution is -2.25. The van der Waals surface area contributed by atoms with E-state index >= 15 is 0 Å². The molecule has 2 aliphatic rings. The summed E-state index contributed by atoms with van der Waals surface area (Å²) in [6.45, 7) is 4.14. The Bertz CT molecular complexity index is 1710. The van der Waals surface area contributed by atoms with Gasteiger partial charge in [-0.15, -0.1) is 0 Å². The summed E-state index contributed by atoms with van der Waals surface area (Å²) in [7, 11) is 0. The van der Waals surface area contributed by atoms with Crippen LogP contribution in [0.5, 0.6) is 0 Å². The lowest BCUT2D eigenvalue weighted by atomic mass is 9.70. The average Bonchev–Trinajstić information content (AvgIpc) is 3.44. The fourth-order valence-corrected chi connectivity index (χ4v) is 6.63. The summed E-state index contributed by atoms with van der Waals surface area (Å²) >= 11 is 0.